The first kappa shape index (κ1) is 14.9. The van der Waals surface area contributed by atoms with Crippen LogP contribution < -0.4 is 5.32 Å². The summed E-state index contributed by atoms with van der Waals surface area (Å²) >= 11 is 3.41. The molecule has 2 unspecified atom stereocenters. The fourth-order valence-corrected chi connectivity index (χ4v) is 3.15. The fourth-order valence-electron chi connectivity index (χ4n) is 2.77. The van der Waals surface area contributed by atoms with E-state index in [1.165, 1.54) is 25.5 Å². The molecule has 106 valence electrons. The van der Waals surface area contributed by atoms with Crippen LogP contribution in [0.2, 0.25) is 0 Å². The molecule has 0 amide bonds. The molecule has 1 N–H and O–H groups in total. The van der Waals surface area contributed by atoms with Crippen molar-refractivity contribution < 1.29 is 4.39 Å². The predicted molar refractivity (Wildman–Crippen MR) is 80.8 cm³/mol. The number of nitrogens with one attached hydrogen (secondary N) is 1. The molecule has 2 rings (SSSR count). The largest absolute Gasteiger partial charge is 0.306 e. The lowest BCUT2D eigenvalue weighted by molar-refractivity contribution is 0.191. The summed E-state index contributed by atoms with van der Waals surface area (Å²) in [6.07, 6.45) is 2.40. The maximum absolute atomic E-state index is 13.8. The van der Waals surface area contributed by atoms with E-state index in [-0.39, 0.29) is 11.9 Å². The summed E-state index contributed by atoms with van der Waals surface area (Å²) in [4.78, 5) is 2.45. The average Bonchev–Trinajstić information content (AvgIpc) is 2.41. The summed E-state index contributed by atoms with van der Waals surface area (Å²) < 4.78 is 14.8. The molecule has 1 aromatic rings. The van der Waals surface area contributed by atoms with Crippen molar-refractivity contribution in [3.8, 4) is 0 Å². The van der Waals surface area contributed by atoms with Crippen molar-refractivity contribution in [2.24, 2.45) is 0 Å². The Morgan fingerprint density at radius 2 is 2.32 bits per heavy atom. The van der Waals surface area contributed by atoms with Gasteiger partial charge in [0.25, 0.3) is 0 Å². The Balaban J connectivity index is 2.00. The van der Waals surface area contributed by atoms with Gasteiger partial charge in [-0.25, -0.2) is 4.39 Å². The molecule has 0 aliphatic carbocycles. The lowest BCUT2D eigenvalue weighted by Crippen LogP contribution is -2.46. The van der Waals surface area contributed by atoms with Crippen LogP contribution in [0.5, 0.6) is 0 Å². The molecule has 0 bridgehead atoms. The van der Waals surface area contributed by atoms with Crippen LogP contribution in [0.15, 0.2) is 22.7 Å². The summed E-state index contributed by atoms with van der Waals surface area (Å²) in [6.45, 7) is 7.58. The molecule has 1 aromatic carbocycles. The van der Waals surface area contributed by atoms with Gasteiger partial charge in [0, 0.05) is 28.7 Å². The number of benzene rings is 1. The zero-order valence-electron chi connectivity index (χ0n) is 11.6. The summed E-state index contributed by atoms with van der Waals surface area (Å²) in [5.74, 6) is -0.133. The van der Waals surface area contributed by atoms with Crippen LogP contribution in [-0.4, -0.2) is 30.6 Å². The molecule has 1 aliphatic rings. The van der Waals surface area contributed by atoms with Crippen molar-refractivity contribution in [1.82, 2.24) is 10.2 Å². The second kappa shape index (κ2) is 6.82. The van der Waals surface area contributed by atoms with E-state index in [9.17, 15) is 4.39 Å². The molecule has 2 atom stereocenters. The van der Waals surface area contributed by atoms with E-state index in [0.29, 0.717) is 6.04 Å². The second-order valence-electron chi connectivity index (χ2n) is 5.29. The van der Waals surface area contributed by atoms with E-state index in [4.69, 9.17) is 0 Å². The van der Waals surface area contributed by atoms with Gasteiger partial charge in [-0.05, 0) is 51.1 Å². The van der Waals surface area contributed by atoms with Crippen LogP contribution in [0.1, 0.15) is 38.3 Å². The molecule has 1 aliphatic heterocycles. The number of nitrogens with zero attached hydrogens (tertiary/aromatic N) is 1. The minimum absolute atomic E-state index is 0.0410. The third-order valence-electron chi connectivity index (χ3n) is 3.86. The van der Waals surface area contributed by atoms with Crippen LogP contribution in [-0.2, 0) is 0 Å². The highest BCUT2D eigenvalue weighted by Crippen LogP contribution is 2.23. The topological polar surface area (TPSA) is 15.3 Å². The van der Waals surface area contributed by atoms with Gasteiger partial charge in [-0.3, -0.25) is 0 Å². The van der Waals surface area contributed by atoms with Crippen LogP contribution >= 0.6 is 15.9 Å². The van der Waals surface area contributed by atoms with Crippen molar-refractivity contribution in [3.05, 3.63) is 34.1 Å². The maximum Gasteiger partial charge on any atom is 0.128 e. The van der Waals surface area contributed by atoms with E-state index in [1.54, 1.807) is 6.07 Å². The Labute approximate surface area is 123 Å². The predicted octanol–water partition coefficient (Wildman–Crippen LogP) is 3.72. The van der Waals surface area contributed by atoms with Crippen molar-refractivity contribution in [2.45, 2.75) is 38.8 Å². The first-order valence-electron chi connectivity index (χ1n) is 7.03. The van der Waals surface area contributed by atoms with Gasteiger partial charge < -0.3 is 10.2 Å². The number of likely N-dealkylation sites (N-methyl/N-ethyl adjacent to an activating group) is 1. The fraction of sp³-hybridized carbons (Fsp3) is 0.600. The van der Waals surface area contributed by atoms with E-state index in [1.807, 2.05) is 13.0 Å². The van der Waals surface area contributed by atoms with Crippen molar-refractivity contribution in [3.63, 3.8) is 0 Å². The molecule has 0 spiro atoms. The molecule has 0 aromatic heterocycles. The maximum atomic E-state index is 13.8. The number of halogens is 2. The number of likely N-dealkylation sites (tertiary alicyclic amines) is 1. The minimum Gasteiger partial charge on any atom is -0.306 e. The van der Waals surface area contributed by atoms with Crippen molar-refractivity contribution >= 4 is 15.9 Å². The van der Waals surface area contributed by atoms with Gasteiger partial charge >= 0.3 is 0 Å². The number of hydrogen-bond donors (Lipinski definition) is 1. The van der Waals surface area contributed by atoms with Gasteiger partial charge in [-0.15, -0.1) is 0 Å². The van der Waals surface area contributed by atoms with Crippen molar-refractivity contribution in [2.75, 3.05) is 19.6 Å². The Kier molecular flexibility index (Phi) is 5.37. The summed E-state index contributed by atoms with van der Waals surface area (Å²) in [5.41, 5.74) is 0.739. The Morgan fingerprint density at radius 1 is 1.53 bits per heavy atom. The van der Waals surface area contributed by atoms with Crippen LogP contribution in [0.3, 0.4) is 0 Å². The summed E-state index contributed by atoms with van der Waals surface area (Å²) in [6, 6.07) is 5.64. The molecule has 0 radical (unpaired) electrons. The quantitative estimate of drug-likeness (QED) is 0.906. The number of piperidine rings is 1. The van der Waals surface area contributed by atoms with Gasteiger partial charge in [0.2, 0.25) is 0 Å². The third kappa shape index (κ3) is 4.01. The van der Waals surface area contributed by atoms with Gasteiger partial charge in [0.1, 0.15) is 5.82 Å². The lowest BCUT2D eigenvalue weighted by Gasteiger charge is -2.34. The number of hydrogen-bond acceptors (Lipinski definition) is 2. The second-order valence-corrected chi connectivity index (χ2v) is 6.20. The smallest absolute Gasteiger partial charge is 0.128 e. The van der Waals surface area contributed by atoms with E-state index < -0.39 is 0 Å². The van der Waals surface area contributed by atoms with E-state index in [0.717, 1.165) is 23.1 Å². The van der Waals surface area contributed by atoms with Crippen LogP contribution in [0.25, 0.3) is 0 Å². The Hall–Kier alpha value is -0.450. The highest BCUT2D eigenvalue weighted by Gasteiger charge is 2.21. The first-order chi connectivity index (χ1) is 9.10. The molecular formula is C15H22BrFN2. The molecule has 0 saturated carbocycles. The zero-order chi connectivity index (χ0) is 13.8. The molecule has 19 heavy (non-hydrogen) atoms. The van der Waals surface area contributed by atoms with Crippen LogP contribution in [0.4, 0.5) is 4.39 Å². The normalized spacial score (nSPS) is 22.4. The SMILES string of the molecule is CCN1CCCC(NC(C)c2cc(Br)ccc2F)C1. The van der Waals surface area contributed by atoms with Crippen molar-refractivity contribution in [1.29, 1.82) is 0 Å². The summed E-state index contributed by atoms with van der Waals surface area (Å²) in [5, 5.41) is 3.56. The van der Waals surface area contributed by atoms with E-state index >= 15 is 0 Å². The van der Waals surface area contributed by atoms with Crippen LogP contribution in [0, 0.1) is 5.82 Å². The Bertz CT molecular complexity index is 425. The average molecular weight is 329 g/mol. The summed E-state index contributed by atoms with van der Waals surface area (Å²) in [7, 11) is 0. The molecule has 1 heterocycles. The molecular weight excluding hydrogens is 307 g/mol. The zero-order valence-corrected chi connectivity index (χ0v) is 13.2. The first-order valence-corrected chi connectivity index (χ1v) is 7.82. The molecule has 1 saturated heterocycles. The highest BCUT2D eigenvalue weighted by atomic mass is 79.9. The van der Waals surface area contributed by atoms with Gasteiger partial charge in [-0.1, -0.05) is 22.9 Å². The standard InChI is InChI=1S/C15H22BrFN2/c1-3-19-8-4-5-13(10-19)18-11(2)14-9-12(16)6-7-15(14)17/h6-7,9,11,13,18H,3-5,8,10H2,1-2H3. The number of rotatable bonds is 4. The monoisotopic (exact) mass is 328 g/mol. The minimum atomic E-state index is -0.133. The Morgan fingerprint density at radius 3 is 3.05 bits per heavy atom. The van der Waals surface area contributed by atoms with Gasteiger partial charge in [-0.2, -0.15) is 0 Å². The van der Waals surface area contributed by atoms with Gasteiger partial charge in [0.05, 0.1) is 0 Å². The highest BCUT2D eigenvalue weighted by molar-refractivity contribution is 9.10. The van der Waals surface area contributed by atoms with E-state index in [2.05, 4.69) is 33.1 Å². The van der Waals surface area contributed by atoms with Gasteiger partial charge in [0.15, 0.2) is 0 Å². The molecule has 4 heteroatoms. The lowest BCUT2D eigenvalue weighted by atomic mass is 10.0. The molecule has 2 nitrogen and oxygen atoms in total. The third-order valence-corrected chi connectivity index (χ3v) is 4.36. The molecule has 1 fully saturated rings.